The van der Waals surface area contributed by atoms with E-state index in [1.54, 1.807) is 0 Å². The first-order valence-corrected chi connectivity index (χ1v) is 3.87. The fourth-order valence-electron chi connectivity index (χ4n) is 1.71. The first kappa shape index (κ1) is 6.79. The van der Waals surface area contributed by atoms with E-state index >= 15 is 0 Å². The van der Waals surface area contributed by atoms with Gasteiger partial charge in [-0.2, -0.15) is 4.58 Å². The molecule has 2 heterocycles. The number of nitrogens with two attached hydrogens (primary N) is 1. The zero-order valence-electron chi connectivity index (χ0n) is 6.25. The molecule has 11 heavy (non-hydrogen) atoms. The van der Waals surface area contributed by atoms with Gasteiger partial charge in [0.05, 0.1) is 0 Å². The second-order valence-corrected chi connectivity index (χ2v) is 2.87. The summed E-state index contributed by atoms with van der Waals surface area (Å²) < 4.78 is 6.93. The Morgan fingerprint density at radius 3 is 3.27 bits per heavy atom. The molecule has 60 valence electrons. The third-order valence-electron chi connectivity index (χ3n) is 2.24. The lowest BCUT2D eigenvalue weighted by Crippen LogP contribution is -2.24. The molecule has 0 aromatic heterocycles. The second-order valence-electron chi connectivity index (χ2n) is 2.87. The Hall–Kier alpha value is -0.900. The van der Waals surface area contributed by atoms with Crippen molar-refractivity contribution < 1.29 is 14.1 Å². The maximum Gasteiger partial charge on any atom is 0.384 e. The van der Waals surface area contributed by atoms with E-state index in [9.17, 15) is 4.79 Å². The molecular weight excluding hydrogens is 144 g/mol. The van der Waals surface area contributed by atoms with E-state index in [1.165, 1.54) is 0 Å². The molecule has 2 aliphatic rings. The van der Waals surface area contributed by atoms with Gasteiger partial charge in [-0.3, -0.25) is 0 Å². The van der Waals surface area contributed by atoms with Gasteiger partial charge in [-0.05, 0) is 0 Å². The van der Waals surface area contributed by atoms with Gasteiger partial charge < -0.3 is 10.5 Å². The number of hydrogen-bond donors (Lipinski definition) is 1. The molecule has 1 atom stereocenters. The van der Waals surface area contributed by atoms with Gasteiger partial charge in [0.25, 0.3) is 6.04 Å². The van der Waals surface area contributed by atoms with Crippen molar-refractivity contribution in [3.05, 3.63) is 0 Å². The number of carbonyl (C=O) groups excluding carboxylic acids is 1. The summed E-state index contributed by atoms with van der Waals surface area (Å²) in [6, 6.07) is -0.0199. The number of rotatable bonds is 1. The van der Waals surface area contributed by atoms with Crippen LogP contribution in [0.3, 0.4) is 0 Å². The molecule has 1 fully saturated rings. The van der Waals surface area contributed by atoms with Crippen molar-refractivity contribution in [3.63, 3.8) is 0 Å². The molecule has 2 rings (SSSR count). The van der Waals surface area contributed by atoms with Crippen LogP contribution in [0.25, 0.3) is 0 Å². The quantitative estimate of drug-likeness (QED) is 0.393. The smallest absolute Gasteiger partial charge is 0.368 e. The van der Waals surface area contributed by atoms with Gasteiger partial charge in [-0.1, -0.05) is 0 Å². The minimum atomic E-state index is -0.122. The molecule has 0 spiro atoms. The number of carbonyl (C=O) groups is 1. The molecule has 0 aromatic rings. The van der Waals surface area contributed by atoms with Crippen LogP contribution in [0.2, 0.25) is 0 Å². The Bertz CT molecular complexity index is 235. The third-order valence-corrected chi connectivity index (χ3v) is 2.24. The molecule has 2 aliphatic heterocycles. The van der Waals surface area contributed by atoms with Gasteiger partial charge in [0.1, 0.15) is 13.1 Å². The van der Waals surface area contributed by atoms with Crippen LogP contribution in [0, 0.1) is 0 Å². The van der Waals surface area contributed by atoms with Gasteiger partial charge >= 0.3 is 11.9 Å². The van der Waals surface area contributed by atoms with Crippen molar-refractivity contribution >= 4 is 11.9 Å². The highest BCUT2D eigenvalue weighted by Crippen LogP contribution is 2.18. The summed E-state index contributed by atoms with van der Waals surface area (Å²) in [7, 11) is 0. The zero-order chi connectivity index (χ0) is 7.84. The van der Waals surface area contributed by atoms with E-state index in [0.717, 1.165) is 19.4 Å². The van der Waals surface area contributed by atoms with Crippen molar-refractivity contribution in [2.45, 2.75) is 18.9 Å². The highest BCUT2D eigenvalue weighted by Gasteiger charge is 2.45. The number of nitrogens with zero attached hydrogens (tertiary/aromatic N) is 1. The standard InChI is InChI=1S/C7H11N2O2/c8-4-6-9-3-1-2-5(9)7(10)11-6/h5H,1-4,8H2/q+1/t5-/m0/s1. The van der Waals surface area contributed by atoms with E-state index in [2.05, 4.69) is 0 Å². The van der Waals surface area contributed by atoms with Gasteiger partial charge in [0.2, 0.25) is 0 Å². The van der Waals surface area contributed by atoms with Gasteiger partial charge in [0.15, 0.2) is 0 Å². The average Bonchev–Trinajstić information content (AvgIpc) is 2.54. The van der Waals surface area contributed by atoms with Crippen LogP contribution in [0.5, 0.6) is 0 Å². The fourth-order valence-corrected chi connectivity index (χ4v) is 1.71. The van der Waals surface area contributed by atoms with Crippen molar-refractivity contribution in [1.29, 1.82) is 0 Å². The minimum Gasteiger partial charge on any atom is -0.368 e. The van der Waals surface area contributed by atoms with Crippen molar-refractivity contribution in [2.75, 3.05) is 13.1 Å². The van der Waals surface area contributed by atoms with E-state index in [0.29, 0.717) is 12.4 Å². The summed E-state index contributed by atoms with van der Waals surface area (Å²) >= 11 is 0. The van der Waals surface area contributed by atoms with Crippen LogP contribution in [0.4, 0.5) is 0 Å². The van der Waals surface area contributed by atoms with Crippen LogP contribution < -0.4 is 5.73 Å². The van der Waals surface area contributed by atoms with Crippen molar-refractivity contribution in [1.82, 2.24) is 0 Å². The zero-order valence-corrected chi connectivity index (χ0v) is 6.25. The number of fused-ring (bicyclic) bond motifs is 1. The molecule has 0 bridgehead atoms. The van der Waals surface area contributed by atoms with E-state index in [-0.39, 0.29) is 12.0 Å². The number of ether oxygens (including phenoxy) is 1. The lowest BCUT2D eigenvalue weighted by molar-refractivity contribution is -0.526. The predicted octanol–water partition coefficient (Wildman–Crippen LogP) is -0.925. The molecule has 0 aliphatic carbocycles. The lowest BCUT2D eigenvalue weighted by atomic mass is 10.2. The van der Waals surface area contributed by atoms with Crippen LogP contribution in [0.15, 0.2) is 0 Å². The van der Waals surface area contributed by atoms with Gasteiger partial charge in [-0.25, -0.2) is 4.79 Å². The first-order valence-electron chi connectivity index (χ1n) is 3.87. The normalized spacial score (nSPS) is 29.2. The van der Waals surface area contributed by atoms with E-state index in [1.807, 2.05) is 4.58 Å². The number of esters is 1. The monoisotopic (exact) mass is 155 g/mol. The molecule has 4 nitrogen and oxygen atoms in total. The predicted molar refractivity (Wildman–Crippen MR) is 38.3 cm³/mol. The van der Waals surface area contributed by atoms with E-state index in [4.69, 9.17) is 10.5 Å². The van der Waals surface area contributed by atoms with E-state index < -0.39 is 0 Å². The maximum absolute atomic E-state index is 11.1. The largest absolute Gasteiger partial charge is 0.384 e. The first-order chi connectivity index (χ1) is 5.33. The lowest BCUT2D eigenvalue weighted by Gasteiger charge is -1.90. The summed E-state index contributed by atoms with van der Waals surface area (Å²) in [5.41, 5.74) is 5.40. The van der Waals surface area contributed by atoms with Crippen molar-refractivity contribution in [3.8, 4) is 0 Å². The summed E-state index contributed by atoms with van der Waals surface area (Å²) in [5.74, 6) is 0.528. The Labute approximate surface area is 64.6 Å². The average molecular weight is 155 g/mol. The molecular formula is C7H11N2O2+. The maximum atomic E-state index is 11.1. The molecule has 1 saturated heterocycles. The van der Waals surface area contributed by atoms with Crippen molar-refractivity contribution in [2.24, 2.45) is 5.73 Å². The fraction of sp³-hybridized carbons (Fsp3) is 0.714. The van der Waals surface area contributed by atoms with Crippen LogP contribution in [-0.2, 0) is 9.53 Å². The Balaban J connectivity index is 2.31. The number of cyclic esters (lactones) is 1. The molecule has 0 saturated carbocycles. The Morgan fingerprint density at radius 1 is 1.73 bits per heavy atom. The van der Waals surface area contributed by atoms with Gasteiger partial charge in [-0.15, -0.1) is 0 Å². The minimum absolute atomic E-state index is 0.0199. The number of hydrogen-bond acceptors (Lipinski definition) is 3. The summed E-state index contributed by atoms with van der Waals surface area (Å²) in [4.78, 5) is 11.1. The molecule has 0 radical (unpaired) electrons. The highest BCUT2D eigenvalue weighted by molar-refractivity contribution is 5.93. The summed E-state index contributed by atoms with van der Waals surface area (Å²) in [6.45, 7) is 1.26. The molecule has 0 amide bonds. The molecule has 0 aromatic carbocycles. The third kappa shape index (κ3) is 0.860. The summed E-state index contributed by atoms with van der Waals surface area (Å²) in [5, 5.41) is 0. The molecule has 2 N–H and O–H groups in total. The SMILES string of the molecule is NCC1=[N+]2CCC[C@H]2C(=O)O1. The molecule has 0 unspecified atom stereocenters. The second kappa shape index (κ2) is 2.30. The topological polar surface area (TPSA) is 55.3 Å². The van der Waals surface area contributed by atoms with Crippen LogP contribution >= 0.6 is 0 Å². The highest BCUT2D eigenvalue weighted by atomic mass is 16.6. The van der Waals surface area contributed by atoms with Crippen LogP contribution in [-0.4, -0.2) is 35.6 Å². The van der Waals surface area contributed by atoms with Crippen LogP contribution in [0.1, 0.15) is 12.8 Å². The summed E-state index contributed by atoms with van der Waals surface area (Å²) in [6.07, 6.45) is 1.99. The molecule has 4 heteroatoms. The van der Waals surface area contributed by atoms with Gasteiger partial charge in [0, 0.05) is 12.8 Å². The Kier molecular flexibility index (Phi) is 1.42. The Morgan fingerprint density at radius 2 is 2.55 bits per heavy atom.